The third-order valence-corrected chi connectivity index (χ3v) is 5.44. The Morgan fingerprint density at radius 3 is 2.70 bits per heavy atom. The van der Waals surface area contributed by atoms with Crippen molar-refractivity contribution in [3.8, 4) is 0 Å². The van der Waals surface area contributed by atoms with Crippen molar-refractivity contribution in [1.29, 1.82) is 0 Å². The van der Waals surface area contributed by atoms with Gasteiger partial charge in [-0.2, -0.15) is 0 Å². The monoisotopic (exact) mass is 383 g/mol. The van der Waals surface area contributed by atoms with E-state index in [2.05, 4.69) is 39.9 Å². The molecular weight excluding hydrogens is 358 g/mol. The Kier molecular flexibility index (Phi) is 6.81. The summed E-state index contributed by atoms with van der Waals surface area (Å²) in [4.78, 5) is 5.18. The van der Waals surface area contributed by atoms with E-state index in [1.54, 1.807) is 25.5 Å². The largest absolute Gasteiger partial charge is 0.386 e. The number of methoxy groups -OCH3 is 1. The number of nitrogens with zero attached hydrogens (tertiary/aromatic N) is 1. The molecule has 0 aliphatic heterocycles. The number of benzene rings is 2. The first kappa shape index (κ1) is 19.4. The van der Waals surface area contributed by atoms with Crippen LogP contribution in [0.1, 0.15) is 22.1 Å². The number of thiophene rings is 1. The molecule has 0 radical (unpaired) electrons. The zero-order valence-corrected chi connectivity index (χ0v) is 16.4. The van der Waals surface area contributed by atoms with Crippen LogP contribution in [-0.2, 0) is 17.9 Å². The van der Waals surface area contributed by atoms with Crippen LogP contribution in [0.25, 0.3) is 10.1 Å². The van der Waals surface area contributed by atoms with Gasteiger partial charge in [0.15, 0.2) is 5.96 Å². The first-order chi connectivity index (χ1) is 13.2. The lowest BCUT2D eigenvalue weighted by Crippen LogP contribution is -2.38. The summed E-state index contributed by atoms with van der Waals surface area (Å²) < 4.78 is 6.36. The van der Waals surface area contributed by atoms with Gasteiger partial charge in [-0.05, 0) is 28.6 Å². The van der Waals surface area contributed by atoms with Gasteiger partial charge in [0, 0.05) is 36.8 Å². The fourth-order valence-corrected chi connectivity index (χ4v) is 3.91. The minimum Gasteiger partial charge on any atom is -0.386 e. The fraction of sp³-hybridized carbons (Fsp3) is 0.286. The van der Waals surface area contributed by atoms with Crippen LogP contribution >= 0.6 is 11.3 Å². The average molecular weight is 384 g/mol. The number of rotatable bonds is 7. The summed E-state index contributed by atoms with van der Waals surface area (Å²) in [5.41, 5.74) is 2.29. The summed E-state index contributed by atoms with van der Waals surface area (Å²) in [6.45, 7) is 1.65. The number of aliphatic imine (C=N–C) groups is 1. The van der Waals surface area contributed by atoms with Gasteiger partial charge in [0.2, 0.25) is 0 Å². The molecule has 5 nitrogen and oxygen atoms in total. The van der Waals surface area contributed by atoms with Crippen LogP contribution in [0.5, 0.6) is 0 Å². The van der Waals surface area contributed by atoms with Gasteiger partial charge in [-0.1, -0.05) is 42.5 Å². The van der Waals surface area contributed by atoms with E-state index in [0.29, 0.717) is 25.7 Å². The van der Waals surface area contributed by atoms with Crippen molar-refractivity contribution in [2.45, 2.75) is 19.3 Å². The maximum atomic E-state index is 10.5. The van der Waals surface area contributed by atoms with E-state index in [0.717, 1.165) is 21.4 Å². The molecule has 0 saturated carbocycles. The highest BCUT2D eigenvalue weighted by Crippen LogP contribution is 2.29. The van der Waals surface area contributed by atoms with Gasteiger partial charge in [0.1, 0.15) is 6.10 Å². The molecule has 27 heavy (non-hydrogen) atoms. The Labute approximate surface area is 163 Å². The maximum Gasteiger partial charge on any atom is 0.191 e. The van der Waals surface area contributed by atoms with Crippen molar-refractivity contribution in [2.75, 3.05) is 20.7 Å². The van der Waals surface area contributed by atoms with E-state index < -0.39 is 6.10 Å². The van der Waals surface area contributed by atoms with Gasteiger partial charge in [0.05, 0.1) is 6.61 Å². The molecule has 0 aliphatic carbocycles. The van der Waals surface area contributed by atoms with Crippen molar-refractivity contribution in [3.05, 3.63) is 70.6 Å². The second-order valence-corrected chi connectivity index (χ2v) is 7.38. The van der Waals surface area contributed by atoms with Crippen LogP contribution in [0.4, 0.5) is 0 Å². The molecule has 0 aliphatic rings. The van der Waals surface area contributed by atoms with Crippen LogP contribution in [0.15, 0.2) is 59.6 Å². The van der Waals surface area contributed by atoms with Crippen molar-refractivity contribution < 1.29 is 9.84 Å². The van der Waals surface area contributed by atoms with E-state index in [9.17, 15) is 5.11 Å². The Morgan fingerprint density at radius 1 is 1.11 bits per heavy atom. The molecule has 2 aromatic carbocycles. The lowest BCUT2D eigenvalue weighted by atomic mass is 10.1. The molecule has 0 bridgehead atoms. The minimum atomic E-state index is -0.578. The Hall–Kier alpha value is -2.41. The van der Waals surface area contributed by atoms with Crippen molar-refractivity contribution in [2.24, 2.45) is 4.99 Å². The van der Waals surface area contributed by atoms with Gasteiger partial charge < -0.3 is 20.5 Å². The Morgan fingerprint density at radius 2 is 1.93 bits per heavy atom. The summed E-state index contributed by atoms with van der Waals surface area (Å²) in [5, 5.41) is 18.1. The molecule has 6 heteroatoms. The standard InChI is InChI=1S/C21H25N3O2S/c1-22-21(23-12-15-6-5-7-16(10-15)14-26-2)24-13-18(25)20-11-17-8-3-4-9-19(17)27-20/h3-11,18,25H,12-14H2,1-2H3,(H2,22,23,24). The van der Waals surface area contributed by atoms with E-state index in [1.165, 1.54) is 4.70 Å². The van der Waals surface area contributed by atoms with Crippen molar-refractivity contribution in [3.63, 3.8) is 0 Å². The predicted molar refractivity (Wildman–Crippen MR) is 112 cm³/mol. The normalized spacial score (nSPS) is 12.9. The van der Waals surface area contributed by atoms with E-state index in [4.69, 9.17) is 4.74 Å². The molecule has 1 heterocycles. The summed E-state index contributed by atoms with van der Waals surface area (Å²) >= 11 is 1.62. The molecule has 0 fully saturated rings. The topological polar surface area (TPSA) is 65.9 Å². The van der Waals surface area contributed by atoms with E-state index in [1.807, 2.05) is 30.3 Å². The number of aliphatic hydroxyl groups excluding tert-OH is 1. The van der Waals surface area contributed by atoms with Crippen LogP contribution in [0.3, 0.4) is 0 Å². The first-order valence-corrected chi connectivity index (χ1v) is 9.69. The summed E-state index contributed by atoms with van der Waals surface area (Å²) in [6.07, 6.45) is -0.578. The Balaban J connectivity index is 1.53. The van der Waals surface area contributed by atoms with Crippen LogP contribution in [0, 0.1) is 0 Å². The highest BCUT2D eigenvalue weighted by molar-refractivity contribution is 7.19. The van der Waals surface area contributed by atoms with Gasteiger partial charge in [0.25, 0.3) is 0 Å². The summed E-state index contributed by atoms with van der Waals surface area (Å²) in [5.74, 6) is 0.660. The van der Waals surface area contributed by atoms with E-state index in [-0.39, 0.29) is 0 Å². The summed E-state index contributed by atoms with van der Waals surface area (Å²) in [7, 11) is 3.42. The van der Waals surface area contributed by atoms with Crippen LogP contribution < -0.4 is 10.6 Å². The molecule has 0 saturated heterocycles. The molecule has 1 unspecified atom stereocenters. The maximum absolute atomic E-state index is 10.5. The highest BCUT2D eigenvalue weighted by Gasteiger charge is 2.12. The second kappa shape index (κ2) is 9.50. The predicted octanol–water partition coefficient (Wildman–Crippen LogP) is 3.45. The molecule has 3 rings (SSSR count). The number of nitrogens with one attached hydrogen (secondary N) is 2. The fourth-order valence-electron chi connectivity index (χ4n) is 2.86. The SMILES string of the molecule is CN=C(NCc1cccc(COC)c1)NCC(O)c1cc2ccccc2s1. The number of hydrogen-bond donors (Lipinski definition) is 3. The lowest BCUT2D eigenvalue weighted by Gasteiger charge is -2.15. The molecule has 0 amide bonds. The lowest BCUT2D eigenvalue weighted by molar-refractivity contribution is 0.184. The van der Waals surface area contributed by atoms with E-state index >= 15 is 0 Å². The molecular formula is C21H25N3O2S. The van der Waals surface area contributed by atoms with Crippen LogP contribution in [0.2, 0.25) is 0 Å². The smallest absolute Gasteiger partial charge is 0.191 e. The average Bonchev–Trinajstić information content (AvgIpc) is 3.13. The van der Waals surface area contributed by atoms with Gasteiger partial charge in [-0.3, -0.25) is 4.99 Å². The molecule has 142 valence electrons. The number of guanidine groups is 1. The van der Waals surface area contributed by atoms with Gasteiger partial charge in [-0.15, -0.1) is 11.3 Å². The van der Waals surface area contributed by atoms with Gasteiger partial charge in [-0.25, -0.2) is 0 Å². The zero-order valence-electron chi connectivity index (χ0n) is 15.6. The quantitative estimate of drug-likeness (QED) is 0.432. The second-order valence-electron chi connectivity index (χ2n) is 6.26. The van der Waals surface area contributed by atoms with Crippen molar-refractivity contribution in [1.82, 2.24) is 10.6 Å². The molecule has 1 aromatic heterocycles. The third kappa shape index (κ3) is 5.29. The number of aliphatic hydroxyl groups is 1. The van der Waals surface area contributed by atoms with Gasteiger partial charge >= 0.3 is 0 Å². The minimum absolute atomic E-state index is 0.399. The first-order valence-electron chi connectivity index (χ1n) is 8.87. The highest BCUT2D eigenvalue weighted by atomic mass is 32.1. The summed E-state index contributed by atoms with van der Waals surface area (Å²) in [6, 6.07) is 18.4. The molecule has 0 spiro atoms. The number of fused-ring (bicyclic) bond motifs is 1. The zero-order chi connectivity index (χ0) is 19.1. The molecule has 1 atom stereocenters. The molecule has 3 N–H and O–H groups in total. The number of hydrogen-bond acceptors (Lipinski definition) is 4. The van der Waals surface area contributed by atoms with Crippen molar-refractivity contribution >= 4 is 27.4 Å². The Bertz CT molecular complexity index is 874. The van der Waals surface area contributed by atoms with Crippen LogP contribution in [-0.4, -0.2) is 31.8 Å². The molecule has 3 aromatic rings. The third-order valence-electron chi connectivity index (χ3n) is 4.22. The number of ether oxygens (including phenoxy) is 1.